The van der Waals surface area contributed by atoms with E-state index in [-0.39, 0.29) is 10.7 Å². The topological polar surface area (TPSA) is 67.4 Å². The van der Waals surface area contributed by atoms with Gasteiger partial charge in [0, 0.05) is 16.8 Å². The van der Waals surface area contributed by atoms with Crippen LogP contribution in [0.3, 0.4) is 0 Å². The molecule has 0 bridgehead atoms. The molecule has 0 spiro atoms. The fourth-order valence-electron chi connectivity index (χ4n) is 1.93. The lowest BCUT2D eigenvalue weighted by atomic mass is 10.1. The molecular formula is C16H12ClF3N2O3. The number of carbonyl (C=O) groups excluding carboxylic acids is 2. The summed E-state index contributed by atoms with van der Waals surface area (Å²) < 4.78 is 43.9. The van der Waals surface area contributed by atoms with E-state index in [1.54, 1.807) is 12.1 Å². The Labute approximate surface area is 145 Å². The van der Waals surface area contributed by atoms with Crippen LogP contribution in [0.5, 0.6) is 5.75 Å². The van der Waals surface area contributed by atoms with Crippen LogP contribution in [0.1, 0.15) is 5.56 Å². The highest BCUT2D eigenvalue weighted by atomic mass is 35.5. The molecule has 2 N–H and O–H groups in total. The fraction of sp³-hybridized carbons (Fsp3) is 0.125. The lowest BCUT2D eigenvalue weighted by Crippen LogP contribution is -2.30. The molecule has 0 aromatic heterocycles. The lowest BCUT2D eigenvalue weighted by Gasteiger charge is -2.14. The summed E-state index contributed by atoms with van der Waals surface area (Å²) >= 11 is 5.55. The van der Waals surface area contributed by atoms with Crippen molar-refractivity contribution in [3.05, 3.63) is 53.1 Å². The number of halogens is 4. The molecule has 9 heteroatoms. The third kappa shape index (κ3) is 4.87. The van der Waals surface area contributed by atoms with Crippen LogP contribution in [-0.4, -0.2) is 18.9 Å². The van der Waals surface area contributed by atoms with Gasteiger partial charge in [-0.2, -0.15) is 13.2 Å². The first-order valence-corrected chi connectivity index (χ1v) is 7.21. The summed E-state index contributed by atoms with van der Waals surface area (Å²) in [5, 5.41) is 4.05. The number of amides is 2. The molecule has 0 saturated carbocycles. The van der Waals surface area contributed by atoms with E-state index in [1.807, 2.05) is 5.32 Å². The predicted octanol–water partition coefficient (Wildman–Crippen LogP) is 3.94. The molecule has 0 aliphatic carbocycles. The Morgan fingerprint density at radius 3 is 2.36 bits per heavy atom. The molecule has 0 heterocycles. The van der Waals surface area contributed by atoms with E-state index in [1.165, 1.54) is 25.3 Å². The van der Waals surface area contributed by atoms with E-state index in [4.69, 9.17) is 16.3 Å². The first kappa shape index (κ1) is 18.6. The van der Waals surface area contributed by atoms with Crippen molar-refractivity contribution in [2.45, 2.75) is 6.18 Å². The van der Waals surface area contributed by atoms with Crippen LogP contribution in [0.25, 0.3) is 0 Å². The van der Waals surface area contributed by atoms with Gasteiger partial charge in [0.15, 0.2) is 0 Å². The second-order valence-corrected chi connectivity index (χ2v) is 5.26. The van der Waals surface area contributed by atoms with E-state index in [0.29, 0.717) is 11.8 Å². The molecule has 2 aromatic carbocycles. The number of carbonyl (C=O) groups is 2. The molecule has 0 atom stereocenters. The van der Waals surface area contributed by atoms with Gasteiger partial charge >= 0.3 is 18.0 Å². The number of anilines is 2. The van der Waals surface area contributed by atoms with Gasteiger partial charge in [-0.05, 0) is 30.3 Å². The zero-order chi connectivity index (χ0) is 18.6. The van der Waals surface area contributed by atoms with Crippen LogP contribution in [0.15, 0.2) is 42.5 Å². The zero-order valence-corrected chi connectivity index (χ0v) is 13.5. The molecule has 0 saturated heterocycles. The van der Waals surface area contributed by atoms with Crippen LogP contribution in [-0.2, 0) is 15.8 Å². The van der Waals surface area contributed by atoms with E-state index < -0.39 is 29.2 Å². The van der Waals surface area contributed by atoms with Crippen molar-refractivity contribution in [3.63, 3.8) is 0 Å². The summed E-state index contributed by atoms with van der Waals surface area (Å²) in [4.78, 5) is 23.8. The van der Waals surface area contributed by atoms with E-state index in [0.717, 1.165) is 6.07 Å². The van der Waals surface area contributed by atoms with Crippen molar-refractivity contribution in [1.29, 1.82) is 0 Å². The number of benzene rings is 2. The summed E-state index contributed by atoms with van der Waals surface area (Å²) in [5.41, 5.74) is -1.46. The summed E-state index contributed by atoms with van der Waals surface area (Å²) in [6, 6.07) is 8.96. The number of methoxy groups -OCH3 is 1. The average Bonchev–Trinajstić information content (AvgIpc) is 2.55. The van der Waals surface area contributed by atoms with Gasteiger partial charge in [-0.15, -0.1) is 0 Å². The van der Waals surface area contributed by atoms with E-state index >= 15 is 0 Å². The maximum Gasteiger partial charge on any atom is 0.418 e. The molecular weight excluding hydrogens is 361 g/mol. The lowest BCUT2D eigenvalue weighted by molar-refractivity contribution is -0.137. The minimum absolute atomic E-state index is 0.147. The van der Waals surface area contributed by atoms with Gasteiger partial charge in [-0.1, -0.05) is 17.7 Å². The summed E-state index contributed by atoms with van der Waals surface area (Å²) in [6.07, 6.45) is -4.74. The quantitative estimate of drug-likeness (QED) is 0.802. The second kappa shape index (κ2) is 7.43. The van der Waals surface area contributed by atoms with Gasteiger partial charge in [-0.3, -0.25) is 9.59 Å². The Morgan fingerprint density at radius 2 is 1.72 bits per heavy atom. The van der Waals surface area contributed by atoms with Gasteiger partial charge in [0.1, 0.15) is 5.75 Å². The first-order valence-electron chi connectivity index (χ1n) is 6.84. The molecule has 2 amide bonds. The number of hydrogen-bond donors (Lipinski definition) is 2. The van der Waals surface area contributed by atoms with E-state index in [9.17, 15) is 22.8 Å². The van der Waals surface area contributed by atoms with Gasteiger partial charge in [0.05, 0.1) is 18.4 Å². The Balaban J connectivity index is 2.15. The standard InChI is InChI=1S/C16H12ClF3N2O3/c1-25-11-4-2-3-10(8-11)21-14(23)15(24)22-13-6-5-9(17)7-12(13)16(18,19)20/h2-8H,1H3,(H,21,23)(H,22,24). The SMILES string of the molecule is COc1cccc(NC(=O)C(=O)Nc2ccc(Cl)cc2C(F)(F)F)c1. The highest BCUT2D eigenvalue weighted by Crippen LogP contribution is 2.36. The molecule has 5 nitrogen and oxygen atoms in total. The van der Waals surface area contributed by atoms with Gasteiger partial charge in [-0.25, -0.2) is 0 Å². The highest BCUT2D eigenvalue weighted by Gasteiger charge is 2.34. The number of nitrogens with one attached hydrogen (secondary N) is 2. The van der Waals surface area contributed by atoms with Crippen LogP contribution < -0.4 is 15.4 Å². The predicted molar refractivity (Wildman–Crippen MR) is 86.7 cm³/mol. The number of hydrogen-bond acceptors (Lipinski definition) is 3. The third-order valence-electron chi connectivity index (χ3n) is 3.07. The Hall–Kier alpha value is -2.74. The largest absolute Gasteiger partial charge is 0.497 e. The number of ether oxygens (including phenoxy) is 1. The van der Waals surface area contributed by atoms with Crippen LogP contribution in [0.4, 0.5) is 24.5 Å². The summed E-state index contributed by atoms with van der Waals surface area (Å²) in [6.45, 7) is 0. The highest BCUT2D eigenvalue weighted by molar-refractivity contribution is 6.43. The third-order valence-corrected chi connectivity index (χ3v) is 3.30. The minimum Gasteiger partial charge on any atom is -0.497 e. The zero-order valence-electron chi connectivity index (χ0n) is 12.8. The monoisotopic (exact) mass is 372 g/mol. The Kier molecular flexibility index (Phi) is 5.53. The van der Waals surface area contributed by atoms with Gasteiger partial charge in [0.2, 0.25) is 0 Å². The summed E-state index contributed by atoms with van der Waals surface area (Å²) in [7, 11) is 1.42. The molecule has 0 fully saturated rings. The normalized spacial score (nSPS) is 10.9. The molecule has 0 unspecified atom stereocenters. The first-order chi connectivity index (χ1) is 11.7. The van der Waals surface area contributed by atoms with Crippen molar-refractivity contribution >= 4 is 34.8 Å². The molecule has 0 radical (unpaired) electrons. The Morgan fingerprint density at radius 1 is 1.04 bits per heavy atom. The minimum atomic E-state index is -4.74. The fourth-order valence-corrected chi connectivity index (χ4v) is 2.10. The van der Waals surface area contributed by atoms with Crippen LogP contribution in [0.2, 0.25) is 5.02 Å². The van der Waals surface area contributed by atoms with Gasteiger partial charge < -0.3 is 15.4 Å². The molecule has 0 aliphatic rings. The number of rotatable bonds is 3. The van der Waals surface area contributed by atoms with Crippen molar-refractivity contribution in [2.75, 3.05) is 17.7 Å². The average molecular weight is 373 g/mol. The Bertz CT molecular complexity index is 809. The van der Waals surface area contributed by atoms with Crippen LogP contribution >= 0.6 is 11.6 Å². The molecule has 132 valence electrons. The van der Waals surface area contributed by atoms with Crippen LogP contribution in [0, 0.1) is 0 Å². The maximum atomic E-state index is 13.0. The van der Waals surface area contributed by atoms with Crippen molar-refractivity contribution in [3.8, 4) is 5.75 Å². The number of alkyl halides is 3. The smallest absolute Gasteiger partial charge is 0.418 e. The molecule has 2 aromatic rings. The van der Waals surface area contributed by atoms with Crippen molar-refractivity contribution < 1.29 is 27.5 Å². The van der Waals surface area contributed by atoms with Crippen molar-refractivity contribution in [1.82, 2.24) is 0 Å². The molecule has 25 heavy (non-hydrogen) atoms. The van der Waals surface area contributed by atoms with Gasteiger partial charge in [0.25, 0.3) is 0 Å². The second-order valence-electron chi connectivity index (χ2n) is 4.83. The molecule has 0 aliphatic heterocycles. The molecule has 2 rings (SSSR count). The van der Waals surface area contributed by atoms with E-state index in [2.05, 4.69) is 5.32 Å². The maximum absolute atomic E-state index is 13.0. The summed E-state index contributed by atoms with van der Waals surface area (Å²) in [5.74, 6) is -1.94. The van der Waals surface area contributed by atoms with Crippen molar-refractivity contribution in [2.24, 2.45) is 0 Å².